The number of hydrogen-bond acceptors (Lipinski definition) is 3. The molecule has 4 rings (SSSR count). The van der Waals surface area contributed by atoms with E-state index in [1.54, 1.807) is 30.3 Å². The second-order valence-corrected chi connectivity index (χ2v) is 6.99. The van der Waals surface area contributed by atoms with Crippen LogP contribution in [0.5, 0.6) is 0 Å². The summed E-state index contributed by atoms with van der Waals surface area (Å²) in [5.74, 6) is -1.26. The van der Waals surface area contributed by atoms with Crippen molar-refractivity contribution < 1.29 is 18.0 Å². The summed E-state index contributed by atoms with van der Waals surface area (Å²) in [5.41, 5.74) is 1.67. The van der Waals surface area contributed by atoms with Crippen LogP contribution in [0.3, 0.4) is 0 Å². The van der Waals surface area contributed by atoms with Gasteiger partial charge in [-0.2, -0.15) is 0 Å². The Bertz CT molecular complexity index is 1250. The van der Waals surface area contributed by atoms with Crippen LogP contribution in [-0.2, 0) is 0 Å². The maximum Gasteiger partial charge on any atom is 0.217 e. The summed E-state index contributed by atoms with van der Waals surface area (Å²) in [4.78, 5) is 23.4. The average Bonchev–Trinajstić information content (AvgIpc) is 2.67. The van der Waals surface area contributed by atoms with E-state index in [1.165, 1.54) is 6.07 Å². The molecule has 0 unspecified atom stereocenters. The predicted octanol–water partition coefficient (Wildman–Crippen LogP) is 5.78. The van der Waals surface area contributed by atoms with Gasteiger partial charge in [-0.3, -0.25) is 9.59 Å². The van der Waals surface area contributed by atoms with E-state index in [4.69, 9.17) is 4.42 Å². The third kappa shape index (κ3) is 2.80. The topological polar surface area (TPSA) is 47.3 Å². The summed E-state index contributed by atoms with van der Waals surface area (Å²) >= 11 is 0. The standard InChI is InChI=1S/C23H16F2O3/c1-12(2)15-9-21-16(7-18(15)24)23(14-6-4-3-5-13(14)11-26)17-8-19(25)20(27)10-22(17)28-21/h3-12H,1-2H3. The molecule has 140 valence electrons. The Morgan fingerprint density at radius 3 is 2.43 bits per heavy atom. The summed E-state index contributed by atoms with van der Waals surface area (Å²) in [6.45, 7) is 3.72. The van der Waals surface area contributed by atoms with E-state index >= 15 is 0 Å². The molecule has 3 nitrogen and oxygen atoms in total. The van der Waals surface area contributed by atoms with Gasteiger partial charge in [-0.15, -0.1) is 0 Å². The molecule has 0 amide bonds. The highest BCUT2D eigenvalue weighted by Gasteiger charge is 2.22. The molecule has 0 bridgehead atoms. The highest BCUT2D eigenvalue weighted by atomic mass is 19.1. The smallest absolute Gasteiger partial charge is 0.217 e. The molecule has 1 aliphatic heterocycles. The lowest BCUT2D eigenvalue weighted by molar-refractivity contribution is 0.112. The predicted molar refractivity (Wildman–Crippen MR) is 104 cm³/mol. The number of fused-ring (bicyclic) bond motifs is 2. The van der Waals surface area contributed by atoms with E-state index in [2.05, 4.69) is 0 Å². The summed E-state index contributed by atoms with van der Waals surface area (Å²) in [6.07, 6.45) is 0.689. The summed E-state index contributed by atoms with van der Waals surface area (Å²) < 4.78 is 34.7. The van der Waals surface area contributed by atoms with Gasteiger partial charge in [-0.05, 0) is 35.2 Å². The summed E-state index contributed by atoms with van der Waals surface area (Å²) in [6, 6.07) is 11.9. The molecule has 0 saturated heterocycles. The van der Waals surface area contributed by atoms with Crippen molar-refractivity contribution in [2.75, 3.05) is 0 Å². The van der Waals surface area contributed by atoms with Crippen LogP contribution in [0.4, 0.5) is 8.78 Å². The molecule has 5 heteroatoms. The summed E-state index contributed by atoms with van der Waals surface area (Å²) in [7, 11) is 0. The molecule has 2 aromatic rings. The van der Waals surface area contributed by atoms with E-state index in [9.17, 15) is 18.4 Å². The van der Waals surface area contributed by atoms with Crippen molar-refractivity contribution in [3.8, 4) is 22.5 Å². The Balaban J connectivity index is 2.24. The molecule has 2 aliphatic rings. The minimum atomic E-state index is -0.939. The fourth-order valence-corrected chi connectivity index (χ4v) is 3.49. The maximum atomic E-state index is 14.8. The normalized spacial score (nSPS) is 11.5. The van der Waals surface area contributed by atoms with E-state index in [1.807, 2.05) is 13.8 Å². The second kappa shape index (κ2) is 6.68. The third-order valence-electron chi connectivity index (χ3n) is 4.87. The van der Waals surface area contributed by atoms with Crippen molar-refractivity contribution >= 4 is 17.3 Å². The molecule has 1 aliphatic carbocycles. The third-order valence-corrected chi connectivity index (χ3v) is 4.87. The van der Waals surface area contributed by atoms with Crippen molar-refractivity contribution in [2.45, 2.75) is 19.8 Å². The van der Waals surface area contributed by atoms with E-state index in [0.29, 0.717) is 45.1 Å². The van der Waals surface area contributed by atoms with Gasteiger partial charge in [0.25, 0.3) is 0 Å². The number of halogens is 2. The Morgan fingerprint density at radius 1 is 0.964 bits per heavy atom. The Hall–Kier alpha value is -3.34. The molecular formula is C23H16F2O3. The number of carbonyl (C=O) groups is 1. The van der Waals surface area contributed by atoms with Crippen LogP contribution in [0.1, 0.15) is 35.7 Å². The van der Waals surface area contributed by atoms with Crippen LogP contribution >= 0.6 is 0 Å². The molecular weight excluding hydrogens is 362 g/mol. The molecule has 0 spiro atoms. The highest BCUT2D eigenvalue weighted by molar-refractivity contribution is 6.05. The van der Waals surface area contributed by atoms with Crippen molar-refractivity contribution in [3.05, 3.63) is 81.5 Å². The van der Waals surface area contributed by atoms with Gasteiger partial charge >= 0.3 is 0 Å². The molecule has 2 aromatic carbocycles. The van der Waals surface area contributed by atoms with Crippen LogP contribution in [0.2, 0.25) is 0 Å². The lowest BCUT2D eigenvalue weighted by Gasteiger charge is -2.18. The summed E-state index contributed by atoms with van der Waals surface area (Å²) in [5, 5.41) is 0.404. The number of hydrogen-bond donors (Lipinski definition) is 0. The number of aldehydes is 1. The van der Waals surface area contributed by atoms with Gasteiger partial charge in [0.15, 0.2) is 12.1 Å². The van der Waals surface area contributed by atoms with E-state index in [0.717, 1.165) is 12.1 Å². The quantitative estimate of drug-likeness (QED) is 0.335. The molecule has 0 radical (unpaired) electrons. The first-order valence-electron chi connectivity index (χ1n) is 8.84. The van der Waals surface area contributed by atoms with Crippen molar-refractivity contribution in [1.29, 1.82) is 0 Å². The van der Waals surface area contributed by atoms with Gasteiger partial charge in [0, 0.05) is 28.1 Å². The van der Waals surface area contributed by atoms with Gasteiger partial charge in [-0.25, -0.2) is 8.78 Å². The monoisotopic (exact) mass is 378 g/mol. The zero-order valence-electron chi connectivity index (χ0n) is 15.3. The minimum absolute atomic E-state index is 0.0794. The van der Waals surface area contributed by atoms with Crippen molar-refractivity contribution in [3.63, 3.8) is 0 Å². The Labute approximate surface area is 159 Å². The zero-order chi connectivity index (χ0) is 20.0. The van der Waals surface area contributed by atoms with Crippen LogP contribution in [-0.4, -0.2) is 6.29 Å². The maximum absolute atomic E-state index is 14.8. The second-order valence-electron chi connectivity index (χ2n) is 6.99. The zero-order valence-corrected chi connectivity index (χ0v) is 15.3. The number of carbonyl (C=O) groups excluding carboxylic acids is 1. The highest BCUT2D eigenvalue weighted by Crippen LogP contribution is 2.42. The molecule has 0 saturated carbocycles. The number of rotatable bonds is 3. The minimum Gasteiger partial charge on any atom is -0.456 e. The van der Waals surface area contributed by atoms with E-state index < -0.39 is 17.1 Å². The first kappa shape index (κ1) is 18.0. The molecule has 0 fully saturated rings. The largest absolute Gasteiger partial charge is 0.456 e. The Morgan fingerprint density at radius 2 is 1.71 bits per heavy atom. The van der Waals surface area contributed by atoms with Crippen molar-refractivity contribution in [2.24, 2.45) is 0 Å². The van der Waals surface area contributed by atoms with Gasteiger partial charge in [-0.1, -0.05) is 38.1 Å². The fraction of sp³-hybridized carbons (Fsp3) is 0.130. The Kier molecular flexibility index (Phi) is 4.30. The van der Waals surface area contributed by atoms with Gasteiger partial charge in [0.2, 0.25) is 5.43 Å². The van der Waals surface area contributed by atoms with Crippen molar-refractivity contribution in [1.82, 2.24) is 0 Å². The lowest BCUT2D eigenvalue weighted by atomic mass is 9.90. The molecule has 0 aromatic heterocycles. The van der Waals surface area contributed by atoms with Crippen LogP contribution in [0.15, 0.2) is 57.7 Å². The van der Waals surface area contributed by atoms with Gasteiger partial charge < -0.3 is 4.42 Å². The SMILES string of the molecule is CC(C)c1cc2oc3cc(=O)c(F)cc-3c(-c3ccccc3C=O)c2cc1F. The average molecular weight is 378 g/mol. The number of benzene rings is 3. The van der Waals surface area contributed by atoms with Crippen LogP contribution in [0, 0.1) is 11.6 Å². The molecule has 0 atom stereocenters. The van der Waals surface area contributed by atoms with E-state index in [-0.39, 0.29) is 11.7 Å². The lowest BCUT2D eigenvalue weighted by Crippen LogP contribution is -2.07. The van der Waals surface area contributed by atoms with Crippen LogP contribution in [0.25, 0.3) is 33.4 Å². The van der Waals surface area contributed by atoms with Gasteiger partial charge in [0.1, 0.15) is 17.2 Å². The fourth-order valence-electron chi connectivity index (χ4n) is 3.49. The first-order valence-corrected chi connectivity index (χ1v) is 8.84. The molecule has 28 heavy (non-hydrogen) atoms. The first-order chi connectivity index (χ1) is 13.4. The molecule has 0 N–H and O–H groups in total. The van der Waals surface area contributed by atoms with Crippen LogP contribution < -0.4 is 5.43 Å². The van der Waals surface area contributed by atoms with Gasteiger partial charge in [0.05, 0.1) is 0 Å². The molecule has 1 heterocycles.